The molecule has 1 heterocycles. The topological polar surface area (TPSA) is 80.6 Å². The van der Waals surface area contributed by atoms with Crippen molar-refractivity contribution in [2.45, 2.75) is 6.54 Å². The molecule has 3 rings (SSSR count). The summed E-state index contributed by atoms with van der Waals surface area (Å²) in [5, 5.41) is 12.5. The van der Waals surface area contributed by atoms with Crippen LogP contribution in [0.15, 0.2) is 71.7 Å². The Kier molecular flexibility index (Phi) is 5.03. The number of benzene rings is 2. The SMILES string of the molecule is Cn1ccc(C(=O)NCc2ccc(Oc3ccccc3)cc2)c(O)c1=O. The number of ether oxygens (including phenoxy) is 1. The van der Waals surface area contributed by atoms with Gasteiger partial charge in [0.05, 0.1) is 5.56 Å². The van der Waals surface area contributed by atoms with E-state index in [0.717, 1.165) is 11.3 Å². The standard InChI is InChI=1S/C20H18N2O4/c1-22-12-11-17(18(23)20(22)25)19(24)21-13-14-7-9-16(10-8-14)26-15-5-3-2-4-6-15/h2-12,23H,13H2,1H3,(H,21,24). The van der Waals surface area contributed by atoms with E-state index in [9.17, 15) is 14.7 Å². The third kappa shape index (κ3) is 3.92. The fourth-order valence-electron chi connectivity index (χ4n) is 2.38. The summed E-state index contributed by atoms with van der Waals surface area (Å²) in [4.78, 5) is 23.8. The van der Waals surface area contributed by atoms with Crippen LogP contribution in [0.5, 0.6) is 17.2 Å². The molecule has 2 aromatic carbocycles. The maximum Gasteiger partial charge on any atom is 0.293 e. The summed E-state index contributed by atoms with van der Waals surface area (Å²) in [6.45, 7) is 0.263. The number of nitrogens with one attached hydrogen (secondary N) is 1. The van der Waals surface area contributed by atoms with Crippen LogP contribution in [-0.2, 0) is 13.6 Å². The highest BCUT2D eigenvalue weighted by Gasteiger charge is 2.14. The summed E-state index contributed by atoms with van der Waals surface area (Å²) in [6, 6.07) is 18.1. The minimum absolute atomic E-state index is 0.0443. The van der Waals surface area contributed by atoms with Gasteiger partial charge in [-0.1, -0.05) is 30.3 Å². The van der Waals surface area contributed by atoms with E-state index in [0.29, 0.717) is 5.75 Å². The number of nitrogens with zero attached hydrogens (tertiary/aromatic N) is 1. The van der Waals surface area contributed by atoms with Gasteiger partial charge in [-0.2, -0.15) is 0 Å². The zero-order valence-electron chi connectivity index (χ0n) is 14.2. The van der Waals surface area contributed by atoms with Crippen molar-refractivity contribution in [3.63, 3.8) is 0 Å². The van der Waals surface area contributed by atoms with Crippen LogP contribution < -0.4 is 15.6 Å². The van der Waals surface area contributed by atoms with Gasteiger partial charge in [0.15, 0.2) is 5.75 Å². The molecule has 0 aliphatic heterocycles. The Labute approximate surface area is 150 Å². The molecule has 0 saturated heterocycles. The van der Waals surface area contributed by atoms with Crippen LogP contribution in [-0.4, -0.2) is 15.6 Å². The molecule has 0 atom stereocenters. The number of rotatable bonds is 5. The smallest absolute Gasteiger partial charge is 0.293 e. The highest BCUT2D eigenvalue weighted by molar-refractivity contribution is 5.96. The number of carbonyl (C=O) groups is 1. The van der Waals surface area contributed by atoms with E-state index >= 15 is 0 Å². The quantitative estimate of drug-likeness (QED) is 0.741. The Bertz CT molecular complexity index is 963. The number of aryl methyl sites for hydroxylation is 1. The summed E-state index contributed by atoms with van der Waals surface area (Å²) in [5.41, 5.74) is 0.208. The number of aromatic nitrogens is 1. The van der Waals surface area contributed by atoms with Crippen LogP contribution in [0.25, 0.3) is 0 Å². The Hall–Kier alpha value is -3.54. The van der Waals surface area contributed by atoms with E-state index in [4.69, 9.17) is 4.74 Å². The molecule has 0 unspecified atom stereocenters. The third-order valence-electron chi connectivity index (χ3n) is 3.84. The highest BCUT2D eigenvalue weighted by atomic mass is 16.5. The number of pyridine rings is 1. The largest absolute Gasteiger partial charge is 0.502 e. The maximum atomic E-state index is 12.2. The number of para-hydroxylation sites is 1. The molecule has 1 amide bonds. The predicted molar refractivity (Wildman–Crippen MR) is 97.5 cm³/mol. The molecular weight excluding hydrogens is 332 g/mol. The van der Waals surface area contributed by atoms with Crippen molar-refractivity contribution in [3.8, 4) is 17.2 Å². The van der Waals surface area contributed by atoms with E-state index in [-0.39, 0.29) is 12.1 Å². The average molecular weight is 350 g/mol. The summed E-state index contributed by atoms with van der Waals surface area (Å²) in [7, 11) is 1.50. The number of carbonyl (C=O) groups excluding carboxylic acids is 1. The zero-order valence-corrected chi connectivity index (χ0v) is 14.2. The number of hydrogen-bond acceptors (Lipinski definition) is 4. The van der Waals surface area contributed by atoms with E-state index < -0.39 is 17.2 Å². The summed E-state index contributed by atoms with van der Waals surface area (Å²) < 4.78 is 6.92. The van der Waals surface area contributed by atoms with E-state index in [1.807, 2.05) is 54.6 Å². The van der Waals surface area contributed by atoms with Crippen molar-refractivity contribution < 1.29 is 14.6 Å². The van der Waals surface area contributed by atoms with Gasteiger partial charge in [-0.05, 0) is 35.9 Å². The van der Waals surface area contributed by atoms with Crippen LogP contribution in [0.4, 0.5) is 0 Å². The zero-order chi connectivity index (χ0) is 18.5. The molecule has 0 fully saturated rings. The predicted octanol–water partition coefficient (Wildman–Crippen LogP) is 2.81. The van der Waals surface area contributed by atoms with Crippen LogP contribution in [0.3, 0.4) is 0 Å². The fourth-order valence-corrected chi connectivity index (χ4v) is 2.38. The van der Waals surface area contributed by atoms with Crippen LogP contribution >= 0.6 is 0 Å². The minimum Gasteiger partial charge on any atom is -0.502 e. The van der Waals surface area contributed by atoms with Crippen molar-refractivity contribution in [1.82, 2.24) is 9.88 Å². The molecule has 0 radical (unpaired) electrons. The van der Waals surface area contributed by atoms with E-state index in [1.165, 1.54) is 23.9 Å². The van der Waals surface area contributed by atoms with Crippen molar-refractivity contribution in [2.24, 2.45) is 7.05 Å². The second kappa shape index (κ2) is 7.57. The fraction of sp³-hybridized carbons (Fsp3) is 0.100. The normalized spacial score (nSPS) is 10.3. The Balaban J connectivity index is 1.62. The first kappa shape index (κ1) is 17.3. The van der Waals surface area contributed by atoms with Crippen LogP contribution in [0.2, 0.25) is 0 Å². The number of hydrogen-bond donors (Lipinski definition) is 2. The molecule has 1 aromatic heterocycles. The molecule has 0 aliphatic carbocycles. The lowest BCUT2D eigenvalue weighted by Gasteiger charge is -2.09. The van der Waals surface area contributed by atoms with E-state index in [1.54, 1.807) is 0 Å². The highest BCUT2D eigenvalue weighted by Crippen LogP contribution is 2.21. The average Bonchev–Trinajstić information content (AvgIpc) is 2.66. The number of aromatic hydroxyl groups is 1. The van der Waals surface area contributed by atoms with Gasteiger partial charge in [0, 0.05) is 19.8 Å². The van der Waals surface area contributed by atoms with Gasteiger partial charge in [0.2, 0.25) is 0 Å². The number of amides is 1. The van der Waals surface area contributed by atoms with E-state index in [2.05, 4.69) is 5.32 Å². The lowest BCUT2D eigenvalue weighted by atomic mass is 10.2. The Morgan fingerprint density at radius 2 is 1.69 bits per heavy atom. The van der Waals surface area contributed by atoms with Crippen molar-refractivity contribution in [2.75, 3.05) is 0 Å². The van der Waals surface area contributed by atoms with Crippen LogP contribution in [0.1, 0.15) is 15.9 Å². The van der Waals surface area contributed by atoms with Gasteiger partial charge in [0.1, 0.15) is 11.5 Å². The van der Waals surface area contributed by atoms with Crippen molar-refractivity contribution >= 4 is 5.91 Å². The second-order valence-electron chi connectivity index (χ2n) is 5.74. The second-order valence-corrected chi connectivity index (χ2v) is 5.74. The minimum atomic E-state index is -0.611. The van der Waals surface area contributed by atoms with Gasteiger partial charge in [-0.15, -0.1) is 0 Å². The summed E-state index contributed by atoms with van der Waals surface area (Å²) in [6.07, 6.45) is 1.44. The molecule has 2 N–H and O–H groups in total. The van der Waals surface area contributed by atoms with Gasteiger partial charge in [-0.25, -0.2) is 0 Å². The molecule has 0 saturated carbocycles. The Morgan fingerprint density at radius 1 is 1.04 bits per heavy atom. The monoisotopic (exact) mass is 350 g/mol. The molecule has 132 valence electrons. The molecular formula is C20H18N2O4. The molecule has 0 spiro atoms. The third-order valence-corrected chi connectivity index (χ3v) is 3.84. The molecule has 3 aromatic rings. The van der Waals surface area contributed by atoms with Gasteiger partial charge in [0.25, 0.3) is 11.5 Å². The lowest BCUT2D eigenvalue weighted by Crippen LogP contribution is -2.26. The van der Waals surface area contributed by atoms with Crippen molar-refractivity contribution in [1.29, 1.82) is 0 Å². The summed E-state index contributed by atoms with van der Waals surface area (Å²) >= 11 is 0. The first-order valence-electron chi connectivity index (χ1n) is 8.03. The molecule has 6 heteroatoms. The Morgan fingerprint density at radius 3 is 2.38 bits per heavy atom. The van der Waals surface area contributed by atoms with Gasteiger partial charge >= 0.3 is 0 Å². The molecule has 0 aliphatic rings. The van der Waals surface area contributed by atoms with Gasteiger partial charge in [-0.3, -0.25) is 9.59 Å². The molecule has 6 nitrogen and oxygen atoms in total. The van der Waals surface area contributed by atoms with Crippen molar-refractivity contribution in [3.05, 3.63) is 88.3 Å². The van der Waals surface area contributed by atoms with Crippen LogP contribution in [0, 0.1) is 0 Å². The first-order valence-corrected chi connectivity index (χ1v) is 8.03. The van der Waals surface area contributed by atoms with Gasteiger partial charge < -0.3 is 19.7 Å². The lowest BCUT2D eigenvalue weighted by molar-refractivity contribution is 0.0947. The molecule has 0 bridgehead atoms. The molecule has 26 heavy (non-hydrogen) atoms. The summed E-state index contributed by atoms with van der Waals surface area (Å²) in [5.74, 6) is 0.370. The maximum absolute atomic E-state index is 12.2. The first-order chi connectivity index (χ1) is 12.5.